The molecule has 6 rings (SSSR count). The quantitative estimate of drug-likeness (QED) is 0.0125. The molecule has 0 radical (unpaired) electrons. The summed E-state index contributed by atoms with van der Waals surface area (Å²) in [5, 5.41) is 72.6. The first-order valence-electron chi connectivity index (χ1n) is 44.1. The number of alkyl halides is 12. The maximum atomic E-state index is 15.1. The number of hydrogen-bond donors (Lipinski definition) is 16. The van der Waals surface area contributed by atoms with E-state index in [9.17, 15) is 124 Å². The molecule has 36 nitrogen and oxygen atoms in total. The van der Waals surface area contributed by atoms with Crippen molar-refractivity contribution in [3.63, 3.8) is 0 Å². The summed E-state index contributed by atoms with van der Waals surface area (Å²) in [7, 11) is 0. The molecule has 6 amide bonds. The molecule has 2 heterocycles. The fourth-order valence-electron chi connectivity index (χ4n) is 12.7. The minimum Gasteiger partial charge on any atom is -0.481 e. The number of Topliss-reactive ketones (excluding diaryl/α,β-unsaturated/α-hetero) is 2. The molecule has 0 aliphatic heterocycles. The van der Waals surface area contributed by atoms with Crippen LogP contribution in [0.1, 0.15) is 148 Å². The number of benzene rings is 4. The Balaban J connectivity index is 0.00000231. The zero-order valence-electron chi connectivity index (χ0n) is 80.3. The number of nitrogens with one attached hydrogen (secondary N) is 4. The monoisotopic (exact) mass is 2220 g/mol. The molecule has 6 aromatic rings. The number of halogens is 16. The van der Waals surface area contributed by atoms with Crippen LogP contribution in [0.15, 0.2) is 122 Å². The van der Waals surface area contributed by atoms with E-state index in [-0.39, 0.29) is 135 Å². The molecule has 149 heavy (non-hydrogen) atoms. The van der Waals surface area contributed by atoms with E-state index >= 15 is 8.78 Å². The number of aromatic nitrogens is 2. The predicted octanol–water partition coefficient (Wildman–Crippen LogP) is 12.0. The number of carboxylic acids is 8. The molecule has 0 aliphatic rings. The Hall–Kier alpha value is -12.5. The third-order valence-corrected chi connectivity index (χ3v) is 24.1. The minimum atomic E-state index is -5.08. The SMILES string of the molecule is C.CC(C)(C)[C@H](c1cc(-c2cc(F)ccc2F)cn1Cc1ccccc1)N(CCCN)C(=O)CSCCC(=O)NCCCC(=O)CNC(=O)C(CC(=O)O)SC[C@H](N)C(=O)O.CC(C)(C)[C@H](c1cc(-c2cc(F)ccc2F)cn1Cc1ccccc1)N(CCCN)C(=O)CSCCC(=O)NCCCC(=O)CNC(=O)CC(SC[C@H](N)C(=O)O)C(=O)O.O=C(O)C(F)(F)F.O=C(O)C(F)(F)F.O=C(O)C(F)(F)F.O=C(O)C(F)(F)F. The number of nitrogens with two attached hydrogens (primary N) is 4. The molecule has 0 spiro atoms. The molecule has 2 aromatic heterocycles. The van der Waals surface area contributed by atoms with Crippen LogP contribution in [0, 0.1) is 34.1 Å². The van der Waals surface area contributed by atoms with Gasteiger partial charge in [0.1, 0.15) is 40.6 Å². The minimum absolute atomic E-state index is 0. The Bertz CT molecular complexity index is 5250. The van der Waals surface area contributed by atoms with E-state index in [1.165, 1.54) is 23.5 Å². The molecular weight excluding hydrogens is 2100 g/mol. The van der Waals surface area contributed by atoms with Gasteiger partial charge in [0, 0.05) is 140 Å². The van der Waals surface area contributed by atoms with Gasteiger partial charge in [-0.3, -0.25) is 57.5 Å². The van der Waals surface area contributed by atoms with Crippen molar-refractivity contribution >= 4 is 142 Å². The summed E-state index contributed by atoms with van der Waals surface area (Å²) in [4.78, 5) is 186. The van der Waals surface area contributed by atoms with Gasteiger partial charge in [0.2, 0.25) is 35.4 Å². The normalized spacial score (nSPS) is 12.5. The van der Waals surface area contributed by atoms with E-state index in [2.05, 4.69) is 21.3 Å². The van der Waals surface area contributed by atoms with Crippen molar-refractivity contribution in [2.24, 2.45) is 33.8 Å². The van der Waals surface area contributed by atoms with E-state index in [1.807, 2.05) is 123 Å². The lowest BCUT2D eigenvalue weighted by molar-refractivity contribution is -0.193. The van der Waals surface area contributed by atoms with E-state index in [0.717, 1.165) is 82.4 Å². The van der Waals surface area contributed by atoms with Gasteiger partial charge in [-0.15, -0.1) is 23.5 Å². The number of ketones is 2. The first-order chi connectivity index (χ1) is 68.6. The number of aliphatic carboxylic acids is 8. The second-order valence-corrected chi connectivity index (χ2v) is 38.4. The van der Waals surface area contributed by atoms with Gasteiger partial charge in [0.25, 0.3) is 0 Å². The van der Waals surface area contributed by atoms with E-state index < -0.39 is 166 Å². The van der Waals surface area contributed by atoms with Crippen LogP contribution in [0.3, 0.4) is 0 Å². The van der Waals surface area contributed by atoms with Gasteiger partial charge in [-0.1, -0.05) is 110 Å². The van der Waals surface area contributed by atoms with Crippen molar-refractivity contribution in [1.29, 1.82) is 0 Å². The highest BCUT2D eigenvalue weighted by Crippen LogP contribution is 2.44. The number of carbonyl (C=O) groups excluding carboxylic acids is 8. The van der Waals surface area contributed by atoms with Crippen LogP contribution in [0.5, 0.6) is 0 Å². The highest BCUT2D eigenvalue weighted by Gasteiger charge is 2.43. The van der Waals surface area contributed by atoms with Crippen LogP contribution in [0.4, 0.5) is 70.2 Å². The molecule has 56 heteroatoms. The van der Waals surface area contributed by atoms with Crippen LogP contribution >= 0.6 is 47.0 Å². The van der Waals surface area contributed by atoms with Gasteiger partial charge >= 0.3 is 72.5 Å². The van der Waals surface area contributed by atoms with Gasteiger partial charge in [-0.05, 0) is 109 Å². The van der Waals surface area contributed by atoms with Crippen molar-refractivity contribution in [2.45, 2.75) is 186 Å². The average Bonchev–Trinajstić information content (AvgIpc) is 1.64. The highest BCUT2D eigenvalue weighted by atomic mass is 32.2. The third-order valence-electron chi connectivity index (χ3n) is 19.5. The molecule has 4 aromatic carbocycles. The lowest BCUT2D eigenvalue weighted by atomic mass is 9.83. The summed E-state index contributed by atoms with van der Waals surface area (Å²) >= 11 is 4.12. The highest BCUT2D eigenvalue weighted by molar-refractivity contribution is 8.01. The molecule has 0 saturated heterocycles. The second-order valence-electron chi connectivity index (χ2n) is 33.7. The number of nitrogens with zero attached hydrogens (tertiary/aromatic N) is 4. The van der Waals surface area contributed by atoms with Gasteiger partial charge in [0.05, 0.1) is 48.3 Å². The average molecular weight is 2220 g/mol. The standard InChI is InChI=1S/2C42H56F2N6O8S2.4C2HF3O2.CH4/c1-42(2,3)39(34-19-28(31-20-29(43)12-13-32(31)44)24-49(34)23-27-9-5-4-6-10-27)50(17-8-15-45)37(53)26-59-18-14-36(52)47-16-7-11-30(51)22-48-40(56)35(21-38(54)55)60-25-33(46)41(57)58;1-42(2,3)39(34-19-28(31-20-29(43)12-13-32(31)44)24-49(34)23-27-9-5-4-6-10-27)50(17-8-15-45)38(54)26-59-18-14-36(52)47-16-7-11-30(51)22-48-37(53)21-35(41(57)58)60-25-33(46)40(55)56;4*3-2(4,5)1(6)7;/h4-6,9-10,12-13,19-20,24,33,35,39H,7-8,11,14-18,21-23,25-26,45-46H2,1-3H3,(H,47,52)(H,48,56)(H,54,55)(H,57,58);4-6,9-10,12-13,19-20,24,33,35,39H,7-8,11,14-18,21-23,25-26,45-46H2,1-3H3,(H,47,52)(H,48,53)(H,55,56)(H,57,58);4*(H,6,7);1H4/t2*33-,35?,39-;;;;;/m00...../s1. The summed E-state index contributed by atoms with van der Waals surface area (Å²) in [6.07, 6.45) is -15.8. The van der Waals surface area contributed by atoms with Crippen molar-refractivity contribution in [2.75, 3.05) is 86.9 Å². The van der Waals surface area contributed by atoms with Gasteiger partial charge in [-0.2, -0.15) is 76.2 Å². The summed E-state index contributed by atoms with van der Waals surface area (Å²) < 4.78 is 190. The van der Waals surface area contributed by atoms with Gasteiger partial charge in [-0.25, -0.2) is 36.7 Å². The molecule has 0 aliphatic carbocycles. The Morgan fingerprint density at radius 2 is 0.738 bits per heavy atom. The summed E-state index contributed by atoms with van der Waals surface area (Å²) in [5.41, 5.74) is 26.3. The first kappa shape index (κ1) is 136. The second kappa shape index (κ2) is 66.8. The number of thioether (sulfide) groups is 4. The molecule has 0 bridgehead atoms. The van der Waals surface area contributed by atoms with Crippen molar-refractivity contribution in [3.8, 4) is 22.3 Å². The van der Waals surface area contributed by atoms with Crippen LogP contribution in [0.2, 0.25) is 0 Å². The van der Waals surface area contributed by atoms with E-state index in [1.54, 1.807) is 22.2 Å². The lowest BCUT2D eigenvalue weighted by Crippen LogP contribution is -2.44. The summed E-state index contributed by atoms with van der Waals surface area (Å²) in [6, 6.07) is 26.2. The number of amides is 6. The molecule has 20 N–H and O–H groups in total. The van der Waals surface area contributed by atoms with Crippen LogP contribution in [-0.2, 0) is 89.8 Å². The molecule has 0 fully saturated rings. The lowest BCUT2D eigenvalue weighted by Gasteiger charge is -2.41. The topological polar surface area (TPSA) is 604 Å². The number of carbonyl (C=O) groups is 16. The zero-order chi connectivity index (χ0) is 113. The molecule has 832 valence electrons. The summed E-state index contributed by atoms with van der Waals surface area (Å²) in [5.74, 6) is -20.9. The van der Waals surface area contributed by atoms with Crippen molar-refractivity contribution in [3.05, 3.63) is 167 Å². The molecule has 6 atom stereocenters. The van der Waals surface area contributed by atoms with E-state index in [0.29, 0.717) is 81.2 Å². The van der Waals surface area contributed by atoms with Crippen molar-refractivity contribution in [1.82, 2.24) is 40.2 Å². The Kier molecular flexibility index (Phi) is 61.2. The smallest absolute Gasteiger partial charge is 0.481 e. The maximum absolute atomic E-state index is 15.1. The fourth-order valence-corrected chi connectivity index (χ4v) is 16.4. The Morgan fingerprint density at radius 1 is 0.409 bits per heavy atom. The number of carboxylic acid groups (broad SMARTS) is 8. The van der Waals surface area contributed by atoms with E-state index in [4.69, 9.17) is 77.9 Å². The molecule has 2 unspecified atom stereocenters. The largest absolute Gasteiger partial charge is 0.490 e. The third kappa shape index (κ3) is 55.0. The summed E-state index contributed by atoms with van der Waals surface area (Å²) in [6.45, 7) is 14.1. The maximum Gasteiger partial charge on any atom is 0.490 e. The molecular formula is C93H120F16N12O24S4. The molecule has 0 saturated carbocycles. The van der Waals surface area contributed by atoms with Gasteiger partial charge in [0.15, 0.2) is 11.6 Å². The predicted molar refractivity (Wildman–Crippen MR) is 520 cm³/mol. The Labute approximate surface area is 861 Å². The van der Waals surface area contributed by atoms with Crippen LogP contribution < -0.4 is 44.2 Å². The first-order valence-corrected chi connectivity index (χ1v) is 48.5. The number of rotatable bonds is 52. The van der Waals surface area contributed by atoms with Crippen LogP contribution in [-0.4, -0.2) is 289 Å². The number of hydrogen-bond acceptors (Lipinski definition) is 24. The zero-order valence-corrected chi connectivity index (χ0v) is 83.6. The van der Waals surface area contributed by atoms with Gasteiger partial charge < -0.3 is 104 Å². The Morgan fingerprint density at radius 3 is 1.04 bits per heavy atom. The fraction of sp³-hybridized carbons (Fsp3) is 0.484. The van der Waals surface area contributed by atoms with Crippen molar-refractivity contribution < 1.29 is 188 Å². The van der Waals surface area contributed by atoms with Crippen LogP contribution in [0.25, 0.3) is 22.3 Å².